The molecule has 1 aliphatic carbocycles. The lowest BCUT2D eigenvalue weighted by Gasteiger charge is -2.15. The molecule has 1 heterocycles. The molecule has 2 aromatic rings. The minimum Gasteiger partial charge on any atom is -0.396 e. The van der Waals surface area contributed by atoms with Crippen molar-refractivity contribution in [1.29, 1.82) is 0 Å². The van der Waals surface area contributed by atoms with Crippen molar-refractivity contribution in [3.8, 4) is 0 Å². The molecule has 17 heavy (non-hydrogen) atoms. The molecular weight excluding hydrogens is 210 g/mol. The van der Waals surface area contributed by atoms with Crippen LogP contribution in [-0.4, -0.2) is 4.98 Å². The first-order chi connectivity index (χ1) is 8.34. The number of nitrogen functional groups attached to an aromatic ring is 1. The van der Waals surface area contributed by atoms with Crippen molar-refractivity contribution >= 4 is 11.5 Å². The zero-order chi connectivity index (χ0) is 11.7. The van der Waals surface area contributed by atoms with Crippen molar-refractivity contribution in [3.05, 3.63) is 53.7 Å². The summed E-state index contributed by atoms with van der Waals surface area (Å²) in [4.78, 5) is 4.28. The van der Waals surface area contributed by atoms with Crippen LogP contribution in [0.25, 0.3) is 0 Å². The van der Waals surface area contributed by atoms with E-state index < -0.39 is 0 Å². The molecule has 0 amide bonds. The number of rotatable bonds is 2. The van der Waals surface area contributed by atoms with Gasteiger partial charge < -0.3 is 11.1 Å². The summed E-state index contributed by atoms with van der Waals surface area (Å²) in [6, 6.07) is 12.6. The highest BCUT2D eigenvalue weighted by molar-refractivity contribution is 5.61. The minimum absolute atomic E-state index is 0.336. The lowest BCUT2D eigenvalue weighted by Crippen LogP contribution is -2.10. The molecule has 0 bridgehead atoms. The standard InChI is InChI=1S/C14H15N3/c15-12-6-3-9-16-14(12)17-13-8-7-10-4-1-2-5-11(10)13/h1-6,9,13H,7-8,15H2,(H,16,17). The monoisotopic (exact) mass is 225 g/mol. The van der Waals surface area contributed by atoms with Gasteiger partial charge in [0.15, 0.2) is 0 Å². The Labute approximate surface area is 101 Å². The van der Waals surface area contributed by atoms with Crippen LogP contribution in [0.5, 0.6) is 0 Å². The normalized spacial score (nSPS) is 17.8. The van der Waals surface area contributed by atoms with Crippen LogP contribution in [0.4, 0.5) is 11.5 Å². The highest BCUT2D eigenvalue weighted by atomic mass is 15.0. The molecule has 3 heteroatoms. The summed E-state index contributed by atoms with van der Waals surface area (Å²) in [7, 11) is 0. The Morgan fingerprint density at radius 2 is 2.06 bits per heavy atom. The van der Waals surface area contributed by atoms with Crippen LogP contribution < -0.4 is 11.1 Å². The van der Waals surface area contributed by atoms with Gasteiger partial charge >= 0.3 is 0 Å². The van der Waals surface area contributed by atoms with Gasteiger partial charge in [-0.05, 0) is 36.1 Å². The van der Waals surface area contributed by atoms with Gasteiger partial charge in [0, 0.05) is 6.20 Å². The number of nitrogens with two attached hydrogens (primary N) is 1. The Morgan fingerprint density at radius 1 is 1.18 bits per heavy atom. The summed E-state index contributed by atoms with van der Waals surface area (Å²) in [5.41, 5.74) is 9.40. The van der Waals surface area contributed by atoms with Gasteiger partial charge in [-0.3, -0.25) is 0 Å². The zero-order valence-corrected chi connectivity index (χ0v) is 9.56. The van der Waals surface area contributed by atoms with E-state index in [1.807, 2.05) is 12.1 Å². The highest BCUT2D eigenvalue weighted by Crippen LogP contribution is 2.34. The first kappa shape index (κ1) is 10.1. The van der Waals surface area contributed by atoms with Gasteiger partial charge in [0.2, 0.25) is 0 Å². The van der Waals surface area contributed by atoms with E-state index in [2.05, 4.69) is 34.6 Å². The molecule has 1 aromatic carbocycles. The first-order valence-corrected chi connectivity index (χ1v) is 5.89. The maximum atomic E-state index is 5.89. The molecule has 1 aliphatic rings. The number of hydrogen-bond donors (Lipinski definition) is 2. The Balaban J connectivity index is 1.87. The molecule has 3 rings (SSSR count). The van der Waals surface area contributed by atoms with Crippen LogP contribution in [0.15, 0.2) is 42.6 Å². The van der Waals surface area contributed by atoms with E-state index in [1.165, 1.54) is 11.1 Å². The van der Waals surface area contributed by atoms with E-state index in [9.17, 15) is 0 Å². The number of aromatic nitrogens is 1. The third-order valence-electron chi connectivity index (χ3n) is 3.28. The number of pyridine rings is 1. The quantitative estimate of drug-likeness (QED) is 0.826. The molecule has 3 nitrogen and oxygen atoms in total. The van der Waals surface area contributed by atoms with E-state index >= 15 is 0 Å². The summed E-state index contributed by atoms with van der Waals surface area (Å²) >= 11 is 0. The van der Waals surface area contributed by atoms with E-state index in [-0.39, 0.29) is 0 Å². The maximum Gasteiger partial charge on any atom is 0.149 e. The molecule has 1 atom stereocenters. The van der Waals surface area contributed by atoms with Gasteiger partial charge in [0.05, 0.1) is 11.7 Å². The number of anilines is 2. The molecule has 0 saturated carbocycles. The summed E-state index contributed by atoms with van der Waals surface area (Å²) in [5.74, 6) is 0.786. The average Bonchev–Trinajstić information content (AvgIpc) is 2.76. The third-order valence-corrected chi connectivity index (χ3v) is 3.28. The van der Waals surface area contributed by atoms with Gasteiger partial charge in [0.25, 0.3) is 0 Å². The minimum atomic E-state index is 0.336. The maximum absolute atomic E-state index is 5.89. The second kappa shape index (κ2) is 4.09. The number of nitrogens with zero attached hydrogens (tertiary/aromatic N) is 1. The lowest BCUT2D eigenvalue weighted by molar-refractivity contribution is 0.758. The number of hydrogen-bond acceptors (Lipinski definition) is 3. The largest absolute Gasteiger partial charge is 0.396 e. The lowest BCUT2D eigenvalue weighted by atomic mass is 10.1. The molecular formula is C14H15N3. The smallest absolute Gasteiger partial charge is 0.149 e. The number of nitrogens with one attached hydrogen (secondary N) is 1. The van der Waals surface area contributed by atoms with Gasteiger partial charge in [-0.15, -0.1) is 0 Å². The Morgan fingerprint density at radius 3 is 2.94 bits per heavy atom. The van der Waals surface area contributed by atoms with Crippen LogP contribution in [0, 0.1) is 0 Å². The van der Waals surface area contributed by atoms with Crippen LogP contribution >= 0.6 is 0 Å². The van der Waals surface area contributed by atoms with Crippen LogP contribution in [-0.2, 0) is 6.42 Å². The molecule has 1 unspecified atom stereocenters. The molecule has 0 spiro atoms. The van der Waals surface area contributed by atoms with Gasteiger partial charge in [-0.1, -0.05) is 24.3 Å². The fourth-order valence-corrected chi connectivity index (χ4v) is 2.41. The number of fused-ring (bicyclic) bond motifs is 1. The SMILES string of the molecule is Nc1cccnc1NC1CCc2ccccc21. The van der Waals surface area contributed by atoms with E-state index in [0.29, 0.717) is 11.7 Å². The predicted octanol–water partition coefficient (Wildman–Crippen LogP) is 2.76. The topological polar surface area (TPSA) is 50.9 Å². The van der Waals surface area contributed by atoms with Crippen molar-refractivity contribution in [3.63, 3.8) is 0 Å². The predicted molar refractivity (Wildman–Crippen MR) is 69.8 cm³/mol. The van der Waals surface area contributed by atoms with Crippen molar-refractivity contribution in [1.82, 2.24) is 4.98 Å². The molecule has 0 fully saturated rings. The summed E-state index contributed by atoms with van der Waals surface area (Å²) in [6.07, 6.45) is 4.00. The Hall–Kier alpha value is -2.03. The highest BCUT2D eigenvalue weighted by Gasteiger charge is 2.22. The third kappa shape index (κ3) is 1.84. The summed E-state index contributed by atoms with van der Waals surface area (Å²) in [5, 5.41) is 3.43. The molecule has 86 valence electrons. The Kier molecular flexibility index (Phi) is 2.44. The average molecular weight is 225 g/mol. The van der Waals surface area contributed by atoms with Crippen molar-refractivity contribution in [2.24, 2.45) is 0 Å². The Bertz CT molecular complexity index is 536. The van der Waals surface area contributed by atoms with Crippen molar-refractivity contribution in [2.75, 3.05) is 11.1 Å². The van der Waals surface area contributed by atoms with E-state index in [1.54, 1.807) is 6.20 Å². The summed E-state index contributed by atoms with van der Waals surface area (Å²) in [6.45, 7) is 0. The second-order valence-electron chi connectivity index (χ2n) is 4.38. The van der Waals surface area contributed by atoms with Gasteiger partial charge in [-0.2, -0.15) is 0 Å². The van der Waals surface area contributed by atoms with Crippen molar-refractivity contribution < 1.29 is 0 Å². The van der Waals surface area contributed by atoms with Gasteiger partial charge in [-0.25, -0.2) is 4.98 Å². The van der Waals surface area contributed by atoms with Crippen molar-refractivity contribution in [2.45, 2.75) is 18.9 Å². The molecule has 0 saturated heterocycles. The molecule has 3 N–H and O–H groups in total. The van der Waals surface area contributed by atoms with Gasteiger partial charge in [0.1, 0.15) is 5.82 Å². The second-order valence-corrected chi connectivity index (χ2v) is 4.38. The molecule has 1 aromatic heterocycles. The van der Waals surface area contributed by atoms with Crippen LogP contribution in [0.3, 0.4) is 0 Å². The number of aryl methyl sites for hydroxylation is 1. The van der Waals surface area contributed by atoms with Crippen LogP contribution in [0.1, 0.15) is 23.6 Å². The molecule has 0 radical (unpaired) electrons. The number of benzene rings is 1. The fourth-order valence-electron chi connectivity index (χ4n) is 2.41. The van der Waals surface area contributed by atoms with E-state index in [0.717, 1.165) is 18.7 Å². The first-order valence-electron chi connectivity index (χ1n) is 5.89. The van der Waals surface area contributed by atoms with Crippen LogP contribution in [0.2, 0.25) is 0 Å². The zero-order valence-electron chi connectivity index (χ0n) is 9.56. The molecule has 0 aliphatic heterocycles. The van der Waals surface area contributed by atoms with E-state index in [4.69, 9.17) is 5.73 Å². The summed E-state index contributed by atoms with van der Waals surface area (Å²) < 4.78 is 0. The fraction of sp³-hybridized carbons (Fsp3) is 0.214.